The molecular formula is C48H81NO8P+. The van der Waals surface area contributed by atoms with E-state index in [-0.39, 0.29) is 26.1 Å². The summed E-state index contributed by atoms with van der Waals surface area (Å²) in [5.41, 5.74) is 0. The molecule has 0 rings (SSSR count). The van der Waals surface area contributed by atoms with Gasteiger partial charge in [-0.15, -0.1) is 0 Å². The van der Waals surface area contributed by atoms with Gasteiger partial charge in [0.1, 0.15) is 19.8 Å². The van der Waals surface area contributed by atoms with Gasteiger partial charge in [-0.1, -0.05) is 137 Å². The van der Waals surface area contributed by atoms with E-state index in [1.54, 1.807) is 0 Å². The lowest BCUT2D eigenvalue weighted by molar-refractivity contribution is -0.870. The summed E-state index contributed by atoms with van der Waals surface area (Å²) >= 11 is 0. The fourth-order valence-electron chi connectivity index (χ4n) is 5.12. The fraction of sp³-hybridized carbons (Fsp3) is 0.625. The molecule has 0 aliphatic carbocycles. The van der Waals surface area contributed by atoms with Crippen molar-refractivity contribution in [2.75, 3.05) is 47.5 Å². The van der Waals surface area contributed by atoms with Crippen molar-refractivity contribution in [1.29, 1.82) is 0 Å². The van der Waals surface area contributed by atoms with Crippen molar-refractivity contribution >= 4 is 19.8 Å². The van der Waals surface area contributed by atoms with Crippen LogP contribution in [-0.2, 0) is 32.7 Å². The maximum Gasteiger partial charge on any atom is 0.472 e. The van der Waals surface area contributed by atoms with Crippen molar-refractivity contribution in [2.24, 2.45) is 0 Å². The number of allylic oxidation sites excluding steroid dienone is 16. The number of carbonyl (C=O) groups is 2. The summed E-state index contributed by atoms with van der Waals surface area (Å²) < 4.78 is 34.1. The minimum Gasteiger partial charge on any atom is -0.462 e. The van der Waals surface area contributed by atoms with Crippen LogP contribution in [0.2, 0.25) is 0 Å². The molecule has 0 spiro atoms. The number of esters is 2. The molecule has 1 N–H and O–H groups in total. The summed E-state index contributed by atoms with van der Waals surface area (Å²) in [6, 6.07) is 0. The van der Waals surface area contributed by atoms with Gasteiger partial charge in [-0.05, 0) is 89.9 Å². The SMILES string of the molecule is CCCCC/C=C\C/C=C\C/C=C\C/C=C\C/C=C\CCC(=O)OC[C@H](COP(=O)(O)OCC[N+](C)(C)C)OC(=O)CCCC/C=C\C/C=C\C/C=C\CCCCC. The molecule has 0 fully saturated rings. The molecule has 9 nitrogen and oxygen atoms in total. The van der Waals surface area contributed by atoms with Crippen molar-refractivity contribution in [3.63, 3.8) is 0 Å². The number of quaternary nitrogens is 1. The van der Waals surface area contributed by atoms with E-state index in [1.165, 1.54) is 44.9 Å². The number of ether oxygens (including phenoxy) is 2. The Morgan fingerprint density at radius 3 is 1.38 bits per heavy atom. The van der Waals surface area contributed by atoms with E-state index in [0.717, 1.165) is 57.8 Å². The molecular weight excluding hydrogens is 750 g/mol. The maximum absolute atomic E-state index is 12.7. The van der Waals surface area contributed by atoms with Crippen LogP contribution in [0.1, 0.15) is 142 Å². The van der Waals surface area contributed by atoms with E-state index in [9.17, 15) is 19.0 Å². The Balaban J connectivity index is 4.57. The molecule has 10 heteroatoms. The number of hydrogen-bond acceptors (Lipinski definition) is 7. The second kappa shape index (κ2) is 39.4. The molecule has 330 valence electrons. The normalized spacial score (nSPS) is 14.5. The highest BCUT2D eigenvalue weighted by Gasteiger charge is 2.27. The van der Waals surface area contributed by atoms with Gasteiger partial charge >= 0.3 is 19.8 Å². The summed E-state index contributed by atoms with van der Waals surface area (Å²) in [5.74, 6) is -0.951. The second-order valence-corrected chi connectivity index (χ2v) is 16.8. The number of hydrogen-bond donors (Lipinski definition) is 1. The number of likely N-dealkylation sites (N-methyl/N-ethyl adjacent to an activating group) is 1. The largest absolute Gasteiger partial charge is 0.472 e. The Labute approximate surface area is 353 Å². The van der Waals surface area contributed by atoms with Crippen LogP contribution < -0.4 is 0 Å². The van der Waals surface area contributed by atoms with Crippen molar-refractivity contribution in [3.8, 4) is 0 Å². The third-order valence-corrected chi connectivity index (χ3v) is 9.58. The first kappa shape index (κ1) is 54.9. The standard InChI is InChI=1S/C48H80NO8P/c1-6-8-10-12-14-16-18-20-22-23-24-25-27-28-30-32-34-36-38-40-47(50)54-44-46(45-56-58(52,53)55-43-42-49(3,4)5)57-48(51)41-39-37-35-33-31-29-26-21-19-17-15-13-11-9-7-2/h14-17,20-22,24-26,28,30-31,33-34,36,46H,6-13,18-19,23,27,29,32,35,37-45H2,1-5H3/p+1/b16-14-,17-15-,22-20-,25-24-,26-21-,30-28-,33-31-,36-34-/t46-/m1/s1. The fourth-order valence-corrected chi connectivity index (χ4v) is 5.86. The Kier molecular flexibility index (Phi) is 37.3. The first-order valence-corrected chi connectivity index (χ1v) is 23.5. The first-order chi connectivity index (χ1) is 28.0. The van der Waals surface area contributed by atoms with E-state index in [4.69, 9.17) is 18.5 Å². The lowest BCUT2D eigenvalue weighted by Gasteiger charge is -2.24. The van der Waals surface area contributed by atoms with E-state index >= 15 is 0 Å². The summed E-state index contributed by atoms with van der Waals surface area (Å²) in [6.07, 6.45) is 51.9. The second-order valence-electron chi connectivity index (χ2n) is 15.4. The minimum absolute atomic E-state index is 0.00786. The summed E-state index contributed by atoms with van der Waals surface area (Å²) in [5, 5.41) is 0. The molecule has 0 aromatic heterocycles. The molecule has 0 aliphatic heterocycles. The Bertz CT molecular complexity index is 1300. The van der Waals surface area contributed by atoms with Crippen molar-refractivity contribution in [3.05, 3.63) is 97.2 Å². The summed E-state index contributed by atoms with van der Waals surface area (Å²) in [6.45, 7) is 4.20. The van der Waals surface area contributed by atoms with Gasteiger partial charge in [-0.2, -0.15) is 0 Å². The minimum atomic E-state index is -4.41. The van der Waals surface area contributed by atoms with Gasteiger partial charge in [0.05, 0.1) is 27.7 Å². The molecule has 0 amide bonds. The Morgan fingerprint density at radius 2 is 0.948 bits per heavy atom. The van der Waals surface area contributed by atoms with Crippen LogP contribution >= 0.6 is 7.82 Å². The van der Waals surface area contributed by atoms with Crippen molar-refractivity contribution < 1.29 is 42.1 Å². The zero-order chi connectivity index (χ0) is 42.8. The Morgan fingerprint density at radius 1 is 0.534 bits per heavy atom. The molecule has 2 atom stereocenters. The van der Waals surface area contributed by atoms with E-state index in [0.29, 0.717) is 23.9 Å². The van der Waals surface area contributed by atoms with Crippen molar-refractivity contribution in [2.45, 2.75) is 148 Å². The number of phosphoric acid groups is 1. The Hall–Kier alpha value is -3.07. The smallest absolute Gasteiger partial charge is 0.462 e. The molecule has 0 aromatic carbocycles. The highest BCUT2D eigenvalue weighted by atomic mass is 31.2. The lowest BCUT2D eigenvalue weighted by atomic mass is 10.1. The van der Waals surface area contributed by atoms with Crippen LogP contribution in [0, 0.1) is 0 Å². The van der Waals surface area contributed by atoms with Gasteiger partial charge in [-0.25, -0.2) is 4.57 Å². The quantitative estimate of drug-likeness (QED) is 0.0215. The highest BCUT2D eigenvalue weighted by molar-refractivity contribution is 7.47. The lowest BCUT2D eigenvalue weighted by Crippen LogP contribution is -2.37. The van der Waals surface area contributed by atoms with Gasteiger partial charge in [0.25, 0.3) is 0 Å². The van der Waals surface area contributed by atoms with Crippen LogP contribution in [-0.4, -0.2) is 74.9 Å². The molecule has 58 heavy (non-hydrogen) atoms. The van der Waals surface area contributed by atoms with Gasteiger partial charge in [0.2, 0.25) is 0 Å². The molecule has 0 saturated heterocycles. The number of phosphoric ester groups is 1. The predicted molar refractivity (Wildman–Crippen MR) is 242 cm³/mol. The summed E-state index contributed by atoms with van der Waals surface area (Å²) in [4.78, 5) is 35.3. The van der Waals surface area contributed by atoms with E-state index in [2.05, 4.69) is 98.9 Å². The molecule has 1 unspecified atom stereocenters. The number of rotatable bonds is 38. The molecule has 0 heterocycles. The van der Waals surface area contributed by atoms with Gasteiger partial charge in [-0.3, -0.25) is 18.6 Å². The number of unbranched alkanes of at least 4 members (excludes halogenated alkanes) is 8. The van der Waals surface area contributed by atoms with Crippen LogP contribution in [0.15, 0.2) is 97.2 Å². The number of carbonyl (C=O) groups excluding carboxylic acids is 2. The van der Waals surface area contributed by atoms with Crippen LogP contribution in [0.5, 0.6) is 0 Å². The van der Waals surface area contributed by atoms with Gasteiger partial charge < -0.3 is 18.9 Å². The zero-order valence-corrected chi connectivity index (χ0v) is 37.9. The van der Waals surface area contributed by atoms with Gasteiger partial charge in [0.15, 0.2) is 6.10 Å². The molecule has 0 radical (unpaired) electrons. The third-order valence-electron chi connectivity index (χ3n) is 8.60. The number of nitrogens with zero attached hydrogens (tertiary/aromatic N) is 1. The topological polar surface area (TPSA) is 108 Å². The average Bonchev–Trinajstić information content (AvgIpc) is 3.17. The molecule has 0 bridgehead atoms. The molecule has 0 aromatic rings. The summed E-state index contributed by atoms with van der Waals surface area (Å²) in [7, 11) is 1.40. The third kappa shape index (κ3) is 42.5. The monoisotopic (exact) mass is 831 g/mol. The van der Waals surface area contributed by atoms with E-state index in [1.807, 2.05) is 33.3 Å². The average molecular weight is 831 g/mol. The molecule has 0 saturated carbocycles. The van der Waals surface area contributed by atoms with Gasteiger partial charge in [0, 0.05) is 12.8 Å². The van der Waals surface area contributed by atoms with Crippen molar-refractivity contribution in [1.82, 2.24) is 0 Å². The zero-order valence-electron chi connectivity index (χ0n) is 37.0. The van der Waals surface area contributed by atoms with Crippen LogP contribution in [0.25, 0.3) is 0 Å². The first-order valence-electron chi connectivity index (χ1n) is 22.0. The molecule has 0 aliphatic rings. The highest BCUT2D eigenvalue weighted by Crippen LogP contribution is 2.43. The van der Waals surface area contributed by atoms with Crippen LogP contribution in [0.3, 0.4) is 0 Å². The van der Waals surface area contributed by atoms with E-state index < -0.39 is 32.5 Å². The maximum atomic E-state index is 12.7. The predicted octanol–water partition coefficient (Wildman–Crippen LogP) is 12.6. The van der Waals surface area contributed by atoms with Crippen LogP contribution in [0.4, 0.5) is 0 Å².